The second kappa shape index (κ2) is 4.18. The predicted molar refractivity (Wildman–Crippen MR) is 68.0 cm³/mol. The van der Waals surface area contributed by atoms with Crippen molar-refractivity contribution in [3.05, 3.63) is 34.4 Å². The molecule has 1 rings (SSSR count). The number of benzene rings is 1. The minimum absolute atomic E-state index is 0.00374. The topological polar surface area (TPSA) is 12.4 Å². The van der Waals surface area contributed by atoms with Gasteiger partial charge in [0.1, 0.15) is 0 Å². The molecule has 0 aromatic heterocycles. The van der Waals surface area contributed by atoms with Crippen LogP contribution >= 0.6 is 0 Å². The standard InChI is InChI=1S/C14H21N/c1-10-7-11(2)13(12(3)8-10)9-15-14(4,5)6/h7-9H,1-6H3/b15-9+. The quantitative estimate of drug-likeness (QED) is 0.615. The fourth-order valence-electron chi connectivity index (χ4n) is 1.65. The van der Waals surface area contributed by atoms with Crippen LogP contribution in [0.3, 0.4) is 0 Å². The summed E-state index contributed by atoms with van der Waals surface area (Å²) in [5, 5.41) is 0. The van der Waals surface area contributed by atoms with Gasteiger partial charge in [-0.1, -0.05) is 17.7 Å². The summed E-state index contributed by atoms with van der Waals surface area (Å²) in [6.07, 6.45) is 2.00. The third kappa shape index (κ3) is 3.50. The van der Waals surface area contributed by atoms with E-state index in [0.717, 1.165) is 0 Å². The molecule has 15 heavy (non-hydrogen) atoms. The summed E-state index contributed by atoms with van der Waals surface area (Å²) in [5.74, 6) is 0. The van der Waals surface area contributed by atoms with Crippen LogP contribution in [0.1, 0.15) is 43.0 Å². The summed E-state index contributed by atoms with van der Waals surface area (Å²) in [5.41, 5.74) is 5.19. The molecule has 1 heteroatoms. The Morgan fingerprint density at radius 2 is 1.47 bits per heavy atom. The van der Waals surface area contributed by atoms with Gasteiger partial charge in [0, 0.05) is 6.21 Å². The fraction of sp³-hybridized carbons (Fsp3) is 0.500. The monoisotopic (exact) mass is 203 g/mol. The summed E-state index contributed by atoms with van der Waals surface area (Å²) in [6.45, 7) is 12.8. The lowest BCUT2D eigenvalue weighted by molar-refractivity contribution is 0.586. The third-order valence-corrected chi connectivity index (χ3v) is 2.32. The Labute approximate surface area is 93.2 Å². The Hall–Kier alpha value is -1.11. The van der Waals surface area contributed by atoms with Crippen LogP contribution in [0.5, 0.6) is 0 Å². The van der Waals surface area contributed by atoms with E-state index < -0.39 is 0 Å². The maximum absolute atomic E-state index is 4.55. The number of hydrogen-bond donors (Lipinski definition) is 0. The van der Waals surface area contributed by atoms with Crippen LogP contribution < -0.4 is 0 Å². The van der Waals surface area contributed by atoms with Gasteiger partial charge in [0.25, 0.3) is 0 Å². The molecule has 0 atom stereocenters. The van der Waals surface area contributed by atoms with Crippen molar-refractivity contribution >= 4 is 6.21 Å². The van der Waals surface area contributed by atoms with E-state index in [0.29, 0.717) is 0 Å². The van der Waals surface area contributed by atoms with Crippen molar-refractivity contribution < 1.29 is 0 Å². The summed E-state index contributed by atoms with van der Waals surface area (Å²) in [4.78, 5) is 4.55. The zero-order valence-corrected chi connectivity index (χ0v) is 10.7. The Kier molecular flexibility index (Phi) is 3.33. The summed E-state index contributed by atoms with van der Waals surface area (Å²) < 4.78 is 0. The van der Waals surface area contributed by atoms with Crippen LogP contribution in [0, 0.1) is 20.8 Å². The number of nitrogens with zero attached hydrogens (tertiary/aromatic N) is 1. The van der Waals surface area contributed by atoms with E-state index in [1.54, 1.807) is 0 Å². The lowest BCUT2D eigenvalue weighted by Crippen LogP contribution is -2.10. The van der Waals surface area contributed by atoms with Gasteiger partial charge in [-0.05, 0) is 58.2 Å². The molecule has 0 radical (unpaired) electrons. The van der Waals surface area contributed by atoms with Crippen molar-refractivity contribution in [1.82, 2.24) is 0 Å². The van der Waals surface area contributed by atoms with Gasteiger partial charge in [0.15, 0.2) is 0 Å². The third-order valence-electron chi connectivity index (χ3n) is 2.32. The maximum Gasteiger partial charge on any atom is 0.0524 e. The number of aliphatic imine (C=N–C) groups is 1. The summed E-state index contributed by atoms with van der Waals surface area (Å²) >= 11 is 0. The van der Waals surface area contributed by atoms with E-state index in [-0.39, 0.29) is 5.54 Å². The number of rotatable bonds is 1. The summed E-state index contributed by atoms with van der Waals surface area (Å²) in [7, 11) is 0. The lowest BCUT2D eigenvalue weighted by atomic mass is 10.0. The molecular weight excluding hydrogens is 182 g/mol. The predicted octanol–water partition coefficient (Wildman–Crippen LogP) is 3.83. The van der Waals surface area contributed by atoms with Gasteiger partial charge in [0.2, 0.25) is 0 Å². The maximum atomic E-state index is 4.55. The van der Waals surface area contributed by atoms with Gasteiger partial charge < -0.3 is 0 Å². The van der Waals surface area contributed by atoms with Crippen molar-refractivity contribution in [2.24, 2.45) is 4.99 Å². The van der Waals surface area contributed by atoms with E-state index in [1.165, 1.54) is 22.3 Å². The first-order valence-electron chi connectivity index (χ1n) is 5.43. The Morgan fingerprint density at radius 3 is 1.87 bits per heavy atom. The van der Waals surface area contributed by atoms with Gasteiger partial charge in [-0.15, -0.1) is 0 Å². The lowest BCUT2D eigenvalue weighted by Gasteiger charge is -2.13. The number of aryl methyl sites for hydroxylation is 3. The fourth-order valence-corrected chi connectivity index (χ4v) is 1.65. The van der Waals surface area contributed by atoms with Gasteiger partial charge in [-0.3, -0.25) is 4.99 Å². The van der Waals surface area contributed by atoms with Crippen molar-refractivity contribution in [3.63, 3.8) is 0 Å². The normalized spacial score (nSPS) is 12.4. The second-order valence-corrected chi connectivity index (χ2v) is 5.24. The highest BCUT2D eigenvalue weighted by Crippen LogP contribution is 2.15. The second-order valence-electron chi connectivity index (χ2n) is 5.24. The molecule has 0 aliphatic heterocycles. The molecule has 0 saturated heterocycles. The highest BCUT2D eigenvalue weighted by Gasteiger charge is 2.06. The SMILES string of the molecule is Cc1cc(C)c(/C=N/C(C)(C)C)c(C)c1. The van der Waals surface area contributed by atoms with Gasteiger partial charge in [-0.25, -0.2) is 0 Å². The van der Waals surface area contributed by atoms with Crippen LogP contribution in [0.2, 0.25) is 0 Å². The van der Waals surface area contributed by atoms with Crippen LogP contribution in [-0.2, 0) is 0 Å². The van der Waals surface area contributed by atoms with Crippen molar-refractivity contribution in [1.29, 1.82) is 0 Å². The van der Waals surface area contributed by atoms with Crippen molar-refractivity contribution in [2.45, 2.75) is 47.1 Å². The van der Waals surface area contributed by atoms with E-state index in [2.05, 4.69) is 58.7 Å². The zero-order chi connectivity index (χ0) is 11.6. The molecule has 0 unspecified atom stereocenters. The molecule has 0 bridgehead atoms. The molecule has 0 aliphatic rings. The molecular formula is C14H21N. The first-order chi connectivity index (χ1) is 6.79. The minimum Gasteiger partial charge on any atom is -0.287 e. The molecule has 0 saturated carbocycles. The van der Waals surface area contributed by atoms with Crippen LogP contribution in [-0.4, -0.2) is 11.8 Å². The van der Waals surface area contributed by atoms with Crippen molar-refractivity contribution in [3.8, 4) is 0 Å². The van der Waals surface area contributed by atoms with E-state index >= 15 is 0 Å². The van der Waals surface area contributed by atoms with Gasteiger partial charge >= 0.3 is 0 Å². The molecule has 0 N–H and O–H groups in total. The average Bonchev–Trinajstić information content (AvgIpc) is 1.99. The molecule has 82 valence electrons. The average molecular weight is 203 g/mol. The van der Waals surface area contributed by atoms with E-state index in [1.807, 2.05) is 6.21 Å². The molecule has 0 aliphatic carbocycles. The molecule has 1 nitrogen and oxygen atoms in total. The van der Waals surface area contributed by atoms with E-state index in [9.17, 15) is 0 Å². The Bertz CT molecular complexity index is 358. The molecule has 0 spiro atoms. The molecule has 0 heterocycles. The largest absolute Gasteiger partial charge is 0.287 e. The van der Waals surface area contributed by atoms with Crippen LogP contribution in [0.4, 0.5) is 0 Å². The number of hydrogen-bond acceptors (Lipinski definition) is 1. The Morgan fingerprint density at radius 1 is 1.00 bits per heavy atom. The Balaban J connectivity index is 3.11. The zero-order valence-electron chi connectivity index (χ0n) is 10.7. The molecule has 1 aromatic carbocycles. The van der Waals surface area contributed by atoms with Crippen LogP contribution in [0.25, 0.3) is 0 Å². The van der Waals surface area contributed by atoms with Crippen LogP contribution in [0.15, 0.2) is 17.1 Å². The molecule has 1 aromatic rings. The summed E-state index contributed by atoms with van der Waals surface area (Å²) in [6, 6.07) is 4.41. The molecule has 0 fully saturated rings. The first-order valence-corrected chi connectivity index (χ1v) is 5.43. The first kappa shape index (κ1) is 12.0. The van der Waals surface area contributed by atoms with Gasteiger partial charge in [0.05, 0.1) is 5.54 Å². The molecule has 0 amide bonds. The smallest absolute Gasteiger partial charge is 0.0524 e. The minimum atomic E-state index is 0.00374. The highest BCUT2D eigenvalue weighted by molar-refractivity contribution is 5.84. The van der Waals surface area contributed by atoms with Crippen molar-refractivity contribution in [2.75, 3.05) is 0 Å². The highest BCUT2D eigenvalue weighted by atomic mass is 14.8. The van der Waals surface area contributed by atoms with Gasteiger partial charge in [-0.2, -0.15) is 0 Å². The van der Waals surface area contributed by atoms with E-state index in [4.69, 9.17) is 0 Å².